The zero-order valence-electron chi connectivity index (χ0n) is 11.4. The first-order valence-electron chi connectivity index (χ1n) is 6.41. The van der Waals surface area contributed by atoms with Crippen molar-refractivity contribution in [2.24, 2.45) is 0 Å². The van der Waals surface area contributed by atoms with Crippen molar-refractivity contribution >= 4 is 23.3 Å². The molecular weight excluding hydrogens is 293 g/mol. The van der Waals surface area contributed by atoms with Crippen LogP contribution in [-0.2, 0) is 11.2 Å². The van der Waals surface area contributed by atoms with Gasteiger partial charge in [0.15, 0.2) is 0 Å². The summed E-state index contributed by atoms with van der Waals surface area (Å²) in [6.45, 7) is 1.59. The second-order valence-electron chi connectivity index (χ2n) is 5.07. The van der Waals surface area contributed by atoms with Gasteiger partial charge in [0.2, 0.25) is 0 Å². The summed E-state index contributed by atoms with van der Waals surface area (Å²) in [7, 11) is 0. The number of hydrogen-bond donors (Lipinski definition) is 2. The molecule has 2 N–H and O–H groups in total. The zero-order chi connectivity index (χ0) is 15.5. The van der Waals surface area contributed by atoms with Crippen LogP contribution in [0.3, 0.4) is 0 Å². The molecule has 2 aromatic rings. The summed E-state index contributed by atoms with van der Waals surface area (Å²) in [5, 5.41) is 13.0. The van der Waals surface area contributed by atoms with Crippen molar-refractivity contribution in [3.63, 3.8) is 0 Å². The summed E-state index contributed by atoms with van der Waals surface area (Å²) in [5.74, 6) is -1.35. The number of carboxylic acids is 1. The molecule has 110 valence electrons. The lowest BCUT2D eigenvalue weighted by Crippen LogP contribution is -2.45. The molecule has 3 nitrogen and oxygen atoms in total. The minimum atomic E-state index is -1.20. The van der Waals surface area contributed by atoms with Crippen LogP contribution in [0, 0.1) is 5.82 Å². The third-order valence-corrected chi connectivity index (χ3v) is 3.46. The molecule has 0 saturated heterocycles. The smallest absolute Gasteiger partial charge is 0.329 e. The van der Waals surface area contributed by atoms with Crippen LogP contribution in [0.25, 0.3) is 0 Å². The van der Waals surface area contributed by atoms with Crippen LogP contribution in [0.15, 0.2) is 48.5 Å². The van der Waals surface area contributed by atoms with Gasteiger partial charge < -0.3 is 10.4 Å². The molecule has 2 aromatic carbocycles. The Bertz CT molecular complexity index is 578. The van der Waals surface area contributed by atoms with Crippen molar-refractivity contribution < 1.29 is 14.3 Å². The topological polar surface area (TPSA) is 49.3 Å². The van der Waals surface area contributed by atoms with E-state index < -0.39 is 11.5 Å². The molecular formula is C16H15ClFNO2. The van der Waals surface area contributed by atoms with Crippen molar-refractivity contribution in [1.29, 1.82) is 0 Å². The van der Waals surface area contributed by atoms with Gasteiger partial charge in [0, 0.05) is 17.1 Å². The number of hydrogen-bond acceptors (Lipinski definition) is 2. The number of halogens is 2. The number of carboxylic acid groups (broad SMARTS) is 1. The number of benzene rings is 2. The lowest BCUT2D eigenvalue weighted by Gasteiger charge is -2.27. The van der Waals surface area contributed by atoms with Crippen LogP contribution in [-0.4, -0.2) is 16.6 Å². The van der Waals surface area contributed by atoms with Crippen LogP contribution in [0.5, 0.6) is 0 Å². The minimum Gasteiger partial charge on any atom is -0.480 e. The van der Waals surface area contributed by atoms with Crippen LogP contribution in [0.2, 0.25) is 5.02 Å². The number of rotatable bonds is 5. The van der Waals surface area contributed by atoms with Crippen molar-refractivity contribution in [1.82, 2.24) is 0 Å². The molecule has 0 spiro atoms. The van der Waals surface area contributed by atoms with Crippen molar-refractivity contribution in [3.8, 4) is 0 Å². The van der Waals surface area contributed by atoms with E-state index in [4.69, 9.17) is 11.6 Å². The van der Waals surface area contributed by atoms with Gasteiger partial charge in [0.1, 0.15) is 11.4 Å². The quantitative estimate of drug-likeness (QED) is 0.878. The summed E-state index contributed by atoms with van der Waals surface area (Å²) in [6, 6.07) is 12.6. The van der Waals surface area contributed by atoms with Crippen molar-refractivity contribution in [2.75, 3.05) is 5.32 Å². The fourth-order valence-corrected chi connectivity index (χ4v) is 2.16. The molecule has 0 saturated carbocycles. The second kappa shape index (κ2) is 6.14. The molecule has 21 heavy (non-hydrogen) atoms. The van der Waals surface area contributed by atoms with Crippen LogP contribution in [0.1, 0.15) is 12.5 Å². The first-order valence-corrected chi connectivity index (χ1v) is 6.78. The van der Waals surface area contributed by atoms with E-state index in [0.717, 1.165) is 5.56 Å². The Kier molecular flexibility index (Phi) is 4.48. The maximum atomic E-state index is 12.9. The number of carbonyl (C=O) groups is 1. The van der Waals surface area contributed by atoms with E-state index >= 15 is 0 Å². The molecule has 0 fully saturated rings. The Labute approximate surface area is 127 Å². The molecule has 1 unspecified atom stereocenters. The molecule has 0 bridgehead atoms. The predicted octanol–water partition coefficient (Wildman–Crippen LogP) is 3.98. The molecule has 1 atom stereocenters. The monoisotopic (exact) mass is 307 g/mol. The van der Waals surface area contributed by atoms with Crippen LogP contribution < -0.4 is 5.32 Å². The maximum Gasteiger partial charge on any atom is 0.329 e. The minimum absolute atomic E-state index is 0.275. The predicted molar refractivity (Wildman–Crippen MR) is 81.2 cm³/mol. The van der Waals surface area contributed by atoms with E-state index in [1.54, 1.807) is 31.2 Å². The normalized spacial score (nSPS) is 13.5. The molecule has 2 rings (SSSR count). The van der Waals surface area contributed by atoms with E-state index in [9.17, 15) is 14.3 Å². The average molecular weight is 308 g/mol. The molecule has 5 heteroatoms. The molecule has 0 aliphatic carbocycles. The lowest BCUT2D eigenvalue weighted by molar-refractivity contribution is -0.141. The van der Waals surface area contributed by atoms with Gasteiger partial charge in [-0.3, -0.25) is 0 Å². The number of anilines is 1. The van der Waals surface area contributed by atoms with Crippen LogP contribution in [0.4, 0.5) is 10.1 Å². The van der Waals surface area contributed by atoms with E-state index in [2.05, 4.69) is 5.32 Å². The van der Waals surface area contributed by atoms with E-state index in [-0.39, 0.29) is 12.2 Å². The van der Waals surface area contributed by atoms with Gasteiger partial charge in [-0.05, 0) is 48.9 Å². The Hall–Kier alpha value is -2.07. The highest BCUT2D eigenvalue weighted by Crippen LogP contribution is 2.22. The summed E-state index contributed by atoms with van der Waals surface area (Å²) in [6.07, 6.45) is 0.275. The van der Waals surface area contributed by atoms with E-state index in [1.807, 2.05) is 0 Å². The van der Waals surface area contributed by atoms with Gasteiger partial charge in [-0.1, -0.05) is 23.7 Å². The summed E-state index contributed by atoms with van der Waals surface area (Å²) in [4.78, 5) is 11.6. The first-order chi connectivity index (χ1) is 9.89. The van der Waals surface area contributed by atoms with Gasteiger partial charge in [-0.15, -0.1) is 0 Å². The lowest BCUT2D eigenvalue weighted by atomic mass is 9.92. The van der Waals surface area contributed by atoms with Gasteiger partial charge >= 0.3 is 5.97 Å². The second-order valence-corrected chi connectivity index (χ2v) is 5.51. The van der Waals surface area contributed by atoms with Gasteiger partial charge in [-0.2, -0.15) is 0 Å². The van der Waals surface area contributed by atoms with Gasteiger partial charge in [0.05, 0.1) is 0 Å². The first kappa shape index (κ1) is 15.3. The van der Waals surface area contributed by atoms with Crippen LogP contribution >= 0.6 is 11.6 Å². The highest BCUT2D eigenvalue weighted by atomic mass is 35.5. The summed E-state index contributed by atoms with van der Waals surface area (Å²) in [5.41, 5.74) is 0.195. The third kappa shape index (κ3) is 3.95. The molecule has 0 radical (unpaired) electrons. The zero-order valence-corrected chi connectivity index (χ0v) is 12.2. The standard InChI is InChI=1S/C16H15ClFNO2/c1-16(15(20)21,10-11-2-4-12(17)5-3-11)19-14-8-6-13(18)7-9-14/h2-9,19H,10H2,1H3,(H,20,21). The maximum absolute atomic E-state index is 12.9. The Morgan fingerprint density at radius 2 is 1.76 bits per heavy atom. The third-order valence-electron chi connectivity index (χ3n) is 3.21. The fourth-order valence-electron chi connectivity index (χ4n) is 2.04. The van der Waals surface area contributed by atoms with Crippen molar-refractivity contribution in [2.45, 2.75) is 18.9 Å². The average Bonchev–Trinajstić information content (AvgIpc) is 2.44. The van der Waals surface area contributed by atoms with Crippen molar-refractivity contribution in [3.05, 3.63) is 64.9 Å². The molecule has 0 aromatic heterocycles. The molecule has 0 heterocycles. The van der Waals surface area contributed by atoms with E-state index in [0.29, 0.717) is 10.7 Å². The van der Waals surface area contributed by atoms with Gasteiger partial charge in [0.25, 0.3) is 0 Å². The highest BCUT2D eigenvalue weighted by molar-refractivity contribution is 6.30. The number of nitrogens with one attached hydrogen (secondary N) is 1. The SMILES string of the molecule is CC(Cc1ccc(Cl)cc1)(Nc1ccc(F)cc1)C(=O)O. The Balaban J connectivity index is 2.21. The summed E-state index contributed by atoms with van der Waals surface area (Å²) < 4.78 is 12.9. The largest absolute Gasteiger partial charge is 0.480 e. The van der Waals surface area contributed by atoms with Gasteiger partial charge in [-0.25, -0.2) is 9.18 Å². The Morgan fingerprint density at radius 3 is 2.29 bits per heavy atom. The molecule has 0 amide bonds. The Morgan fingerprint density at radius 1 is 1.19 bits per heavy atom. The fraction of sp³-hybridized carbons (Fsp3) is 0.188. The summed E-state index contributed by atoms with van der Waals surface area (Å²) >= 11 is 5.82. The van der Waals surface area contributed by atoms with E-state index in [1.165, 1.54) is 24.3 Å². The number of aliphatic carboxylic acids is 1. The molecule has 0 aliphatic rings. The highest BCUT2D eigenvalue weighted by Gasteiger charge is 2.33. The molecule has 0 aliphatic heterocycles.